The van der Waals surface area contributed by atoms with Gasteiger partial charge in [-0.15, -0.1) is 0 Å². The van der Waals surface area contributed by atoms with Gasteiger partial charge in [0.15, 0.2) is 0 Å². The number of aromatic nitrogens is 1. The third kappa shape index (κ3) is 5.07. The van der Waals surface area contributed by atoms with Gasteiger partial charge < -0.3 is 20.1 Å². The molecule has 2 N–H and O–H groups in total. The second-order valence-electron chi connectivity index (χ2n) is 5.97. The number of nitrogens with one attached hydrogen (secondary N) is 2. The van der Waals surface area contributed by atoms with Crippen LogP contribution in [0.15, 0.2) is 42.7 Å². The Bertz CT molecular complexity index is 864. The molecule has 0 unspecified atom stereocenters. The van der Waals surface area contributed by atoms with Gasteiger partial charge >= 0.3 is 5.97 Å². The molecule has 0 saturated heterocycles. The van der Waals surface area contributed by atoms with Crippen molar-refractivity contribution in [3.63, 3.8) is 0 Å². The molecular formula is C20H21N3O4. The molecule has 0 aliphatic carbocycles. The highest BCUT2D eigenvalue weighted by Crippen LogP contribution is 2.25. The Balaban J connectivity index is 1.52. The molecule has 2 heterocycles. The zero-order chi connectivity index (χ0) is 19.1. The van der Waals surface area contributed by atoms with Gasteiger partial charge in [-0.2, -0.15) is 0 Å². The Labute approximate surface area is 157 Å². The van der Waals surface area contributed by atoms with Crippen LogP contribution in [0.25, 0.3) is 6.08 Å². The van der Waals surface area contributed by atoms with Gasteiger partial charge in [-0.05, 0) is 36.2 Å². The van der Waals surface area contributed by atoms with Crippen LogP contribution in [0.5, 0.6) is 5.75 Å². The number of carbonyl (C=O) groups is 2. The second kappa shape index (κ2) is 8.84. The van der Waals surface area contributed by atoms with Crippen LogP contribution in [0, 0.1) is 0 Å². The van der Waals surface area contributed by atoms with E-state index in [4.69, 9.17) is 9.47 Å². The molecule has 0 saturated carbocycles. The molecule has 1 amide bonds. The number of esters is 1. The summed E-state index contributed by atoms with van der Waals surface area (Å²) in [5.41, 5.74) is 2.71. The molecule has 7 heteroatoms. The van der Waals surface area contributed by atoms with Crippen molar-refractivity contribution < 1.29 is 19.1 Å². The molecule has 1 aromatic heterocycles. The van der Waals surface area contributed by atoms with Crippen LogP contribution >= 0.6 is 0 Å². The number of nitrogens with zero attached hydrogens (tertiary/aromatic N) is 1. The van der Waals surface area contributed by atoms with Crippen molar-refractivity contribution in [3.8, 4) is 5.75 Å². The van der Waals surface area contributed by atoms with E-state index in [2.05, 4.69) is 15.6 Å². The maximum atomic E-state index is 12.2. The van der Waals surface area contributed by atoms with E-state index >= 15 is 0 Å². The number of carbonyl (C=O) groups excluding carboxylic acids is 2. The summed E-state index contributed by atoms with van der Waals surface area (Å²) < 4.78 is 10.4. The number of benzene rings is 1. The normalized spacial score (nSPS) is 13.3. The third-order valence-electron chi connectivity index (χ3n) is 3.99. The minimum Gasteiger partial charge on any atom is -0.495 e. The van der Waals surface area contributed by atoms with Crippen LogP contribution < -0.4 is 15.4 Å². The van der Waals surface area contributed by atoms with Crippen molar-refractivity contribution in [2.24, 2.45) is 0 Å². The van der Waals surface area contributed by atoms with Crippen molar-refractivity contribution in [1.82, 2.24) is 4.98 Å². The minimum atomic E-state index is -0.423. The molecule has 27 heavy (non-hydrogen) atoms. The largest absolute Gasteiger partial charge is 0.495 e. The lowest BCUT2D eigenvalue weighted by atomic mass is 10.1. The highest BCUT2D eigenvalue weighted by Gasteiger charge is 2.15. The fraction of sp³-hybridized carbons (Fsp3) is 0.250. The predicted octanol–water partition coefficient (Wildman–Crippen LogP) is 3.10. The number of fused-ring (bicyclic) bond motifs is 1. The lowest BCUT2D eigenvalue weighted by Gasteiger charge is -2.10. The van der Waals surface area contributed by atoms with E-state index in [1.165, 1.54) is 0 Å². The first-order valence-electron chi connectivity index (χ1n) is 8.66. The first-order chi connectivity index (χ1) is 13.2. The fourth-order valence-electron chi connectivity index (χ4n) is 2.61. The number of rotatable bonds is 6. The number of hydrogen-bond donors (Lipinski definition) is 2. The van der Waals surface area contributed by atoms with Crippen LogP contribution in [-0.2, 0) is 9.53 Å². The lowest BCUT2D eigenvalue weighted by molar-refractivity contribution is -0.115. The number of pyridine rings is 1. The quantitative estimate of drug-likeness (QED) is 0.602. The Kier molecular flexibility index (Phi) is 6.04. The van der Waals surface area contributed by atoms with Crippen molar-refractivity contribution in [3.05, 3.63) is 53.9 Å². The standard InChI is InChI=1S/C20H21N3O4/c1-26-16-10-14(12-21-13-16)4-2-3-9-27-20(25)15-5-6-17-18(11-15)23-19(24)7-8-22-17/h2,4-6,10-13,22H,3,7-9H2,1H3,(H,23,24)/b4-2+. The van der Waals surface area contributed by atoms with E-state index in [1.54, 1.807) is 37.7 Å². The van der Waals surface area contributed by atoms with Gasteiger partial charge in [0.05, 0.1) is 36.9 Å². The van der Waals surface area contributed by atoms with Crippen molar-refractivity contribution >= 4 is 29.3 Å². The number of anilines is 2. The third-order valence-corrected chi connectivity index (χ3v) is 3.99. The molecule has 1 aromatic carbocycles. The zero-order valence-corrected chi connectivity index (χ0v) is 15.0. The highest BCUT2D eigenvalue weighted by molar-refractivity contribution is 5.99. The Morgan fingerprint density at radius 2 is 2.15 bits per heavy atom. The second-order valence-corrected chi connectivity index (χ2v) is 5.97. The van der Waals surface area contributed by atoms with Gasteiger partial charge in [0, 0.05) is 19.2 Å². The van der Waals surface area contributed by atoms with Gasteiger partial charge in [0.2, 0.25) is 5.91 Å². The molecule has 1 aliphatic rings. The molecule has 2 aromatic rings. The summed E-state index contributed by atoms with van der Waals surface area (Å²) >= 11 is 0. The molecular weight excluding hydrogens is 346 g/mol. The predicted molar refractivity (Wildman–Crippen MR) is 103 cm³/mol. The summed E-state index contributed by atoms with van der Waals surface area (Å²) in [4.78, 5) is 27.9. The van der Waals surface area contributed by atoms with Gasteiger partial charge in [-0.25, -0.2) is 4.79 Å². The maximum Gasteiger partial charge on any atom is 0.338 e. The van der Waals surface area contributed by atoms with E-state index in [1.807, 2.05) is 18.2 Å². The lowest BCUT2D eigenvalue weighted by Crippen LogP contribution is -2.11. The van der Waals surface area contributed by atoms with Gasteiger partial charge in [-0.1, -0.05) is 12.2 Å². The van der Waals surface area contributed by atoms with E-state index in [-0.39, 0.29) is 12.5 Å². The van der Waals surface area contributed by atoms with Crippen molar-refractivity contribution in [2.45, 2.75) is 12.8 Å². The van der Waals surface area contributed by atoms with Gasteiger partial charge in [-0.3, -0.25) is 9.78 Å². The smallest absolute Gasteiger partial charge is 0.338 e. The van der Waals surface area contributed by atoms with Crippen LogP contribution in [0.2, 0.25) is 0 Å². The number of hydrogen-bond acceptors (Lipinski definition) is 6. The van der Waals surface area contributed by atoms with Gasteiger partial charge in [0.1, 0.15) is 5.75 Å². The van der Waals surface area contributed by atoms with Crippen LogP contribution in [0.1, 0.15) is 28.8 Å². The average Bonchev–Trinajstić information content (AvgIpc) is 2.87. The van der Waals surface area contributed by atoms with E-state index in [0.29, 0.717) is 36.4 Å². The molecule has 0 radical (unpaired) electrons. The SMILES string of the molecule is COc1cncc(/C=C/CCOC(=O)c2ccc3c(c2)NC(=O)CCN3)c1. The average molecular weight is 367 g/mol. The zero-order valence-electron chi connectivity index (χ0n) is 15.0. The molecule has 0 bridgehead atoms. The molecule has 0 fully saturated rings. The van der Waals surface area contributed by atoms with E-state index in [9.17, 15) is 9.59 Å². The molecule has 0 atom stereocenters. The summed E-state index contributed by atoms with van der Waals surface area (Å²) in [5.74, 6) is 0.185. The molecule has 0 spiro atoms. The minimum absolute atomic E-state index is 0.0797. The Hall–Kier alpha value is -3.35. The summed E-state index contributed by atoms with van der Waals surface area (Å²) in [6.45, 7) is 0.826. The van der Waals surface area contributed by atoms with Crippen molar-refractivity contribution in [2.75, 3.05) is 30.9 Å². The van der Waals surface area contributed by atoms with Crippen LogP contribution in [-0.4, -0.2) is 37.1 Å². The Morgan fingerprint density at radius 3 is 3.00 bits per heavy atom. The van der Waals surface area contributed by atoms with Gasteiger partial charge in [0.25, 0.3) is 0 Å². The number of amides is 1. The summed E-state index contributed by atoms with van der Waals surface area (Å²) in [6, 6.07) is 6.95. The van der Waals surface area contributed by atoms with E-state index < -0.39 is 5.97 Å². The van der Waals surface area contributed by atoms with Crippen LogP contribution in [0.4, 0.5) is 11.4 Å². The maximum absolute atomic E-state index is 12.2. The first kappa shape index (κ1) is 18.4. The molecule has 7 nitrogen and oxygen atoms in total. The van der Waals surface area contributed by atoms with Crippen molar-refractivity contribution in [1.29, 1.82) is 0 Å². The number of methoxy groups -OCH3 is 1. The molecule has 140 valence electrons. The highest BCUT2D eigenvalue weighted by atomic mass is 16.5. The Morgan fingerprint density at radius 1 is 1.26 bits per heavy atom. The van der Waals surface area contributed by atoms with E-state index in [0.717, 1.165) is 11.3 Å². The first-order valence-corrected chi connectivity index (χ1v) is 8.66. The molecule has 3 rings (SSSR count). The van der Waals surface area contributed by atoms with Crippen LogP contribution in [0.3, 0.4) is 0 Å². The summed E-state index contributed by atoms with van der Waals surface area (Å²) in [5, 5.41) is 5.93. The summed E-state index contributed by atoms with van der Waals surface area (Å²) in [7, 11) is 1.59. The fourth-order valence-corrected chi connectivity index (χ4v) is 2.61. The summed E-state index contributed by atoms with van der Waals surface area (Å²) in [6.07, 6.45) is 8.13. The monoisotopic (exact) mass is 367 g/mol. The topological polar surface area (TPSA) is 89.6 Å². The number of ether oxygens (including phenoxy) is 2. The molecule has 1 aliphatic heterocycles.